The van der Waals surface area contributed by atoms with E-state index in [4.69, 9.17) is 4.74 Å². The lowest BCUT2D eigenvalue weighted by atomic mass is 9.91. The van der Waals surface area contributed by atoms with Crippen LogP contribution in [0.2, 0.25) is 0 Å². The number of carbonyl (C=O) groups is 1. The van der Waals surface area contributed by atoms with Gasteiger partial charge in [0.2, 0.25) is 0 Å². The Morgan fingerprint density at radius 1 is 1.36 bits per heavy atom. The first-order valence-corrected chi connectivity index (χ1v) is 9.22. The van der Waals surface area contributed by atoms with Crippen molar-refractivity contribution in [3.8, 4) is 6.07 Å². The number of benzene rings is 2. The normalized spacial score (nSPS) is 15.7. The summed E-state index contributed by atoms with van der Waals surface area (Å²) in [7, 11) is 1.35. The number of amides is 1. The fourth-order valence-electron chi connectivity index (χ4n) is 4.07. The number of fused-ring (bicyclic) bond motifs is 3. The number of rotatable bonds is 3. The van der Waals surface area contributed by atoms with E-state index in [0.717, 1.165) is 34.9 Å². The number of methoxy groups -OCH3 is 1. The monoisotopic (exact) mass is 377 g/mol. The second-order valence-corrected chi connectivity index (χ2v) is 7.06. The Kier molecular flexibility index (Phi) is 4.74. The maximum absolute atomic E-state index is 13.7. The average Bonchev–Trinajstić information content (AvgIpc) is 3.00. The van der Waals surface area contributed by atoms with Crippen molar-refractivity contribution >= 4 is 17.0 Å². The van der Waals surface area contributed by atoms with E-state index in [9.17, 15) is 14.4 Å². The molecule has 28 heavy (non-hydrogen) atoms. The lowest BCUT2D eigenvalue weighted by Gasteiger charge is -2.24. The van der Waals surface area contributed by atoms with Gasteiger partial charge in [-0.05, 0) is 60.7 Å². The van der Waals surface area contributed by atoms with E-state index in [0.29, 0.717) is 18.5 Å². The summed E-state index contributed by atoms with van der Waals surface area (Å²) in [6, 6.07) is 14.5. The molecule has 6 heteroatoms. The fourth-order valence-corrected chi connectivity index (χ4v) is 4.07. The molecule has 142 valence electrons. The predicted molar refractivity (Wildman–Crippen MR) is 104 cm³/mol. The van der Waals surface area contributed by atoms with Crippen molar-refractivity contribution in [1.82, 2.24) is 9.88 Å². The Morgan fingerprint density at radius 2 is 2.21 bits per heavy atom. The molecule has 4 rings (SSSR count). The molecular formula is C22H20FN3O2. The first-order chi connectivity index (χ1) is 13.6. The van der Waals surface area contributed by atoms with Gasteiger partial charge in [0.15, 0.2) is 0 Å². The van der Waals surface area contributed by atoms with Crippen LogP contribution in [0, 0.1) is 17.1 Å². The second kappa shape index (κ2) is 7.35. The number of halogens is 1. The van der Waals surface area contributed by atoms with E-state index >= 15 is 0 Å². The minimum Gasteiger partial charge on any atom is -0.453 e. The number of nitrogens with zero attached hydrogens (tertiary/aromatic N) is 2. The second-order valence-electron chi connectivity index (χ2n) is 7.06. The zero-order valence-corrected chi connectivity index (χ0v) is 15.5. The molecule has 1 unspecified atom stereocenters. The van der Waals surface area contributed by atoms with Crippen LogP contribution in [0.25, 0.3) is 10.9 Å². The molecule has 1 heterocycles. The molecule has 0 radical (unpaired) electrons. The van der Waals surface area contributed by atoms with Gasteiger partial charge >= 0.3 is 6.09 Å². The largest absolute Gasteiger partial charge is 0.453 e. The van der Waals surface area contributed by atoms with Crippen molar-refractivity contribution in [2.75, 3.05) is 7.11 Å². The molecule has 0 saturated heterocycles. The van der Waals surface area contributed by atoms with Crippen LogP contribution in [-0.2, 0) is 24.1 Å². The summed E-state index contributed by atoms with van der Waals surface area (Å²) < 4.78 is 20.6. The van der Waals surface area contributed by atoms with E-state index in [1.165, 1.54) is 18.9 Å². The molecule has 2 aromatic carbocycles. The molecular weight excluding hydrogens is 357 g/mol. The summed E-state index contributed by atoms with van der Waals surface area (Å²) >= 11 is 0. The van der Waals surface area contributed by atoms with Crippen molar-refractivity contribution < 1.29 is 13.9 Å². The third kappa shape index (κ3) is 3.31. The van der Waals surface area contributed by atoms with Gasteiger partial charge in [0.1, 0.15) is 5.82 Å². The summed E-state index contributed by atoms with van der Waals surface area (Å²) in [6.07, 6.45) is 1.82. The number of ether oxygens (including phenoxy) is 1. The highest BCUT2D eigenvalue weighted by Gasteiger charge is 2.26. The van der Waals surface area contributed by atoms with Crippen molar-refractivity contribution in [3.63, 3.8) is 0 Å². The number of hydrogen-bond donors (Lipinski definition) is 1. The molecule has 1 aliphatic rings. The Bertz CT molecular complexity index is 1100. The van der Waals surface area contributed by atoms with Gasteiger partial charge in [0, 0.05) is 29.2 Å². The minimum absolute atomic E-state index is 0.0149. The molecule has 3 aromatic rings. The maximum atomic E-state index is 13.7. The number of aromatic nitrogens is 1. The van der Waals surface area contributed by atoms with Gasteiger partial charge in [-0.1, -0.05) is 12.1 Å². The summed E-state index contributed by atoms with van der Waals surface area (Å²) in [5, 5.41) is 13.2. The summed E-state index contributed by atoms with van der Waals surface area (Å²) in [5.41, 5.74) is 4.82. The van der Waals surface area contributed by atoms with Crippen molar-refractivity contribution in [2.45, 2.75) is 31.8 Å². The molecule has 0 spiro atoms. The summed E-state index contributed by atoms with van der Waals surface area (Å²) in [5.74, 6) is -0.253. The average molecular weight is 377 g/mol. The quantitative estimate of drug-likeness (QED) is 0.752. The Labute approximate surface area is 162 Å². The number of carbonyl (C=O) groups excluding carboxylic acids is 1. The van der Waals surface area contributed by atoms with E-state index in [1.54, 1.807) is 18.2 Å². The summed E-state index contributed by atoms with van der Waals surface area (Å²) in [4.78, 5) is 11.6. The first-order valence-electron chi connectivity index (χ1n) is 9.22. The molecule has 1 aromatic heterocycles. The Balaban J connectivity index is 1.78. The molecule has 1 N–H and O–H groups in total. The number of nitrogens with one attached hydrogen (secondary N) is 1. The minimum atomic E-state index is -0.435. The van der Waals surface area contributed by atoms with E-state index in [2.05, 4.69) is 16.0 Å². The predicted octanol–water partition coefficient (Wildman–Crippen LogP) is 3.91. The van der Waals surface area contributed by atoms with Gasteiger partial charge in [-0.15, -0.1) is 0 Å². The molecule has 0 bridgehead atoms. The first kappa shape index (κ1) is 18.1. The molecule has 0 saturated carbocycles. The third-order valence-electron chi connectivity index (χ3n) is 5.33. The Hall–Kier alpha value is -3.33. The molecule has 5 nitrogen and oxygen atoms in total. The maximum Gasteiger partial charge on any atom is 0.407 e. The Morgan fingerprint density at radius 3 is 2.96 bits per heavy atom. The van der Waals surface area contributed by atoms with Crippen LogP contribution in [0.5, 0.6) is 0 Å². The van der Waals surface area contributed by atoms with Gasteiger partial charge in [-0.25, -0.2) is 9.18 Å². The van der Waals surface area contributed by atoms with Crippen LogP contribution in [0.1, 0.15) is 28.8 Å². The summed E-state index contributed by atoms with van der Waals surface area (Å²) in [6.45, 7) is 0.560. The lowest BCUT2D eigenvalue weighted by Crippen LogP contribution is -2.38. The smallest absolute Gasteiger partial charge is 0.407 e. The van der Waals surface area contributed by atoms with Crippen LogP contribution in [0.4, 0.5) is 9.18 Å². The lowest BCUT2D eigenvalue weighted by molar-refractivity contribution is 0.165. The number of hydrogen-bond acceptors (Lipinski definition) is 3. The molecule has 1 aliphatic carbocycles. The van der Waals surface area contributed by atoms with Gasteiger partial charge in [0.25, 0.3) is 0 Å². The van der Waals surface area contributed by atoms with Gasteiger partial charge in [-0.2, -0.15) is 5.26 Å². The van der Waals surface area contributed by atoms with Crippen molar-refractivity contribution in [1.29, 1.82) is 5.26 Å². The fraction of sp³-hybridized carbons (Fsp3) is 0.273. The topological polar surface area (TPSA) is 67.0 Å². The van der Waals surface area contributed by atoms with Crippen LogP contribution in [0.15, 0.2) is 42.5 Å². The highest BCUT2D eigenvalue weighted by atomic mass is 19.1. The standard InChI is InChI=1S/C22H20FN3O2/c1-28-22(27)25-17-6-8-21-19(11-17)18-10-14(12-24)5-7-20(18)26(21)13-15-3-2-4-16(23)9-15/h2-5,7,9-10,17H,6,8,11,13H2,1H3,(H,25,27). The molecule has 0 aliphatic heterocycles. The zero-order chi connectivity index (χ0) is 19.7. The van der Waals surface area contributed by atoms with E-state index in [1.807, 2.05) is 18.2 Å². The number of nitriles is 1. The SMILES string of the molecule is COC(=O)NC1CCc2c(c3cc(C#N)ccc3n2Cc2cccc(F)c2)C1. The third-order valence-corrected chi connectivity index (χ3v) is 5.33. The van der Waals surface area contributed by atoms with Crippen LogP contribution >= 0.6 is 0 Å². The van der Waals surface area contributed by atoms with E-state index in [-0.39, 0.29) is 11.9 Å². The highest BCUT2D eigenvalue weighted by Crippen LogP contribution is 2.33. The van der Waals surface area contributed by atoms with Gasteiger partial charge < -0.3 is 14.6 Å². The van der Waals surface area contributed by atoms with E-state index < -0.39 is 6.09 Å². The molecule has 0 fully saturated rings. The van der Waals surface area contributed by atoms with Crippen LogP contribution in [0.3, 0.4) is 0 Å². The zero-order valence-electron chi connectivity index (χ0n) is 15.5. The molecule has 1 atom stereocenters. The van der Waals surface area contributed by atoms with Crippen LogP contribution in [-0.4, -0.2) is 23.8 Å². The van der Waals surface area contributed by atoms with Crippen molar-refractivity contribution in [3.05, 3.63) is 70.7 Å². The highest BCUT2D eigenvalue weighted by molar-refractivity contribution is 5.87. The number of alkyl carbamates (subject to hydrolysis) is 1. The van der Waals surface area contributed by atoms with Gasteiger partial charge in [0.05, 0.1) is 18.7 Å². The van der Waals surface area contributed by atoms with Gasteiger partial charge in [-0.3, -0.25) is 0 Å². The van der Waals surface area contributed by atoms with Crippen LogP contribution < -0.4 is 5.32 Å². The molecule has 1 amide bonds. The van der Waals surface area contributed by atoms with Crippen molar-refractivity contribution in [2.24, 2.45) is 0 Å².